The Bertz CT molecular complexity index is 915. The van der Waals surface area contributed by atoms with E-state index in [1.807, 2.05) is 12.2 Å². The molecule has 0 unspecified atom stereocenters. The third-order valence-electron chi connectivity index (χ3n) is 5.09. The van der Waals surface area contributed by atoms with Crippen LogP contribution in [-0.2, 0) is 23.9 Å². The number of nitrogens with zero attached hydrogens (tertiary/aromatic N) is 1. The maximum Gasteiger partial charge on any atom is 0.308 e. The van der Waals surface area contributed by atoms with E-state index in [0.29, 0.717) is 12.8 Å². The van der Waals surface area contributed by atoms with Crippen molar-refractivity contribution in [2.75, 3.05) is 18.5 Å². The zero-order chi connectivity index (χ0) is 21.8. The molecule has 1 aliphatic heterocycles. The Hall–Kier alpha value is -3.36. The van der Waals surface area contributed by atoms with E-state index in [9.17, 15) is 28.4 Å². The van der Waals surface area contributed by atoms with Crippen molar-refractivity contribution in [3.05, 3.63) is 41.7 Å². The molecule has 1 saturated heterocycles. The quantitative estimate of drug-likeness (QED) is 0.314. The van der Waals surface area contributed by atoms with Gasteiger partial charge in [-0.1, -0.05) is 12.2 Å². The van der Waals surface area contributed by atoms with E-state index in [2.05, 4.69) is 5.32 Å². The molecule has 30 heavy (non-hydrogen) atoms. The number of hydrogen-bond donors (Lipinski definition) is 1. The van der Waals surface area contributed by atoms with Crippen LogP contribution in [0, 0.1) is 17.7 Å². The number of carbonyl (C=O) groups is 5. The highest BCUT2D eigenvalue weighted by atomic mass is 19.1. The lowest BCUT2D eigenvalue weighted by Crippen LogP contribution is -2.33. The molecule has 8 nitrogen and oxygen atoms in total. The monoisotopic (exact) mass is 416 g/mol. The van der Waals surface area contributed by atoms with Crippen LogP contribution in [0.5, 0.6) is 0 Å². The van der Waals surface area contributed by atoms with Crippen LogP contribution in [0.4, 0.5) is 10.1 Å². The Labute approximate surface area is 172 Å². The minimum atomic E-state index is -0.855. The number of imide groups is 1. The van der Waals surface area contributed by atoms with Crippen molar-refractivity contribution in [2.24, 2.45) is 11.8 Å². The van der Waals surface area contributed by atoms with Crippen molar-refractivity contribution in [1.29, 1.82) is 0 Å². The summed E-state index contributed by atoms with van der Waals surface area (Å²) in [5, 5.41) is 2.39. The number of ketones is 1. The van der Waals surface area contributed by atoms with Gasteiger partial charge in [-0.15, -0.1) is 0 Å². The highest BCUT2D eigenvalue weighted by molar-refractivity contribution is 6.05. The van der Waals surface area contributed by atoms with Crippen molar-refractivity contribution in [3.8, 4) is 0 Å². The fourth-order valence-corrected chi connectivity index (χ4v) is 3.61. The Morgan fingerprint density at radius 2 is 1.77 bits per heavy atom. The topological polar surface area (TPSA) is 110 Å². The van der Waals surface area contributed by atoms with E-state index in [0.717, 1.165) is 11.0 Å². The molecule has 1 aromatic carbocycles. The third kappa shape index (κ3) is 4.61. The maximum absolute atomic E-state index is 14.1. The van der Waals surface area contributed by atoms with Crippen LogP contribution in [0.3, 0.4) is 0 Å². The standard InChI is InChI=1S/C21H21FN2O6/c1-12(25)23-13-6-7-16(17(22)10-13)18(26)11-30-19(27)8-9-24-20(28)14-4-2-3-5-15(14)21(24)29/h2-3,6-7,10,14-15H,4-5,8-9,11H2,1H3,(H,23,25)/t14-,15-/m1/s1. The molecule has 0 bridgehead atoms. The molecule has 3 rings (SSSR count). The average molecular weight is 416 g/mol. The maximum atomic E-state index is 14.1. The fraction of sp³-hybridized carbons (Fsp3) is 0.381. The second-order valence-electron chi connectivity index (χ2n) is 7.19. The Morgan fingerprint density at radius 3 is 2.33 bits per heavy atom. The zero-order valence-corrected chi connectivity index (χ0v) is 16.4. The number of allylic oxidation sites excluding steroid dienone is 2. The lowest BCUT2D eigenvalue weighted by atomic mass is 9.85. The lowest BCUT2D eigenvalue weighted by Gasteiger charge is -2.14. The van der Waals surface area contributed by atoms with Gasteiger partial charge < -0.3 is 10.1 Å². The first-order chi connectivity index (χ1) is 14.3. The minimum Gasteiger partial charge on any atom is -0.457 e. The Morgan fingerprint density at radius 1 is 1.13 bits per heavy atom. The van der Waals surface area contributed by atoms with Crippen LogP contribution in [0.25, 0.3) is 0 Å². The number of nitrogens with one attached hydrogen (secondary N) is 1. The first-order valence-corrected chi connectivity index (χ1v) is 9.54. The average Bonchev–Trinajstić information content (AvgIpc) is 2.94. The van der Waals surface area contributed by atoms with Crippen LogP contribution < -0.4 is 5.32 Å². The summed E-state index contributed by atoms with van der Waals surface area (Å²) in [6, 6.07) is 3.54. The predicted molar refractivity (Wildman–Crippen MR) is 103 cm³/mol. The molecular weight excluding hydrogens is 395 g/mol. The number of ether oxygens (including phenoxy) is 1. The molecule has 1 heterocycles. The summed E-state index contributed by atoms with van der Waals surface area (Å²) >= 11 is 0. The van der Waals surface area contributed by atoms with E-state index in [1.165, 1.54) is 19.1 Å². The first kappa shape index (κ1) is 21.4. The van der Waals surface area contributed by atoms with E-state index in [1.54, 1.807) is 0 Å². The van der Waals surface area contributed by atoms with E-state index in [-0.39, 0.29) is 53.8 Å². The lowest BCUT2D eigenvalue weighted by molar-refractivity contribution is -0.145. The van der Waals surface area contributed by atoms with Gasteiger partial charge in [0.15, 0.2) is 6.61 Å². The van der Waals surface area contributed by atoms with E-state index in [4.69, 9.17) is 4.74 Å². The number of Topliss-reactive ketones (excluding diaryl/α,β-unsaturated/α-hetero) is 1. The van der Waals surface area contributed by atoms with E-state index < -0.39 is 24.2 Å². The fourth-order valence-electron chi connectivity index (χ4n) is 3.61. The van der Waals surface area contributed by atoms with Gasteiger partial charge in [0.05, 0.1) is 23.8 Å². The van der Waals surface area contributed by atoms with Gasteiger partial charge in [0.25, 0.3) is 0 Å². The predicted octanol–water partition coefficient (Wildman–Crippen LogP) is 1.85. The van der Waals surface area contributed by atoms with Gasteiger partial charge in [0, 0.05) is 19.2 Å². The van der Waals surface area contributed by atoms with Crippen LogP contribution in [0.15, 0.2) is 30.4 Å². The number of benzene rings is 1. The van der Waals surface area contributed by atoms with Gasteiger partial charge in [-0.05, 0) is 31.0 Å². The van der Waals surface area contributed by atoms with Crippen LogP contribution >= 0.6 is 0 Å². The second kappa shape index (κ2) is 8.98. The van der Waals surface area contributed by atoms with Gasteiger partial charge in [0.2, 0.25) is 23.5 Å². The van der Waals surface area contributed by atoms with Crippen molar-refractivity contribution >= 4 is 35.2 Å². The number of rotatable bonds is 7. The van der Waals surface area contributed by atoms with E-state index >= 15 is 0 Å². The largest absolute Gasteiger partial charge is 0.457 e. The Balaban J connectivity index is 1.49. The second-order valence-corrected chi connectivity index (χ2v) is 7.19. The molecule has 9 heteroatoms. The number of anilines is 1. The summed E-state index contributed by atoms with van der Waals surface area (Å²) in [5.41, 5.74) is -0.0809. The summed E-state index contributed by atoms with van der Waals surface area (Å²) in [4.78, 5) is 60.8. The molecular formula is C21H21FN2O6. The van der Waals surface area contributed by atoms with Crippen molar-refractivity contribution in [2.45, 2.75) is 26.2 Å². The minimum absolute atomic E-state index is 0.114. The molecule has 2 atom stereocenters. The zero-order valence-electron chi connectivity index (χ0n) is 16.4. The highest BCUT2D eigenvalue weighted by Gasteiger charge is 2.46. The van der Waals surface area contributed by atoms with Gasteiger partial charge in [-0.2, -0.15) is 0 Å². The molecule has 0 aromatic heterocycles. The van der Waals surface area contributed by atoms with Crippen molar-refractivity contribution in [3.63, 3.8) is 0 Å². The number of amides is 3. The molecule has 3 amide bonds. The molecule has 1 fully saturated rings. The molecule has 158 valence electrons. The summed E-state index contributed by atoms with van der Waals surface area (Å²) in [6.07, 6.45) is 4.52. The SMILES string of the molecule is CC(=O)Nc1ccc(C(=O)COC(=O)CCN2C(=O)[C@@H]3CC=CC[C@H]3C2=O)c(F)c1. The molecule has 0 saturated carbocycles. The number of carbonyl (C=O) groups excluding carboxylic acids is 5. The number of esters is 1. The van der Waals surface area contributed by atoms with Gasteiger partial charge >= 0.3 is 5.97 Å². The summed E-state index contributed by atoms with van der Waals surface area (Å²) < 4.78 is 18.9. The van der Waals surface area contributed by atoms with Gasteiger partial charge in [-0.3, -0.25) is 28.9 Å². The van der Waals surface area contributed by atoms with Crippen molar-refractivity contribution in [1.82, 2.24) is 4.90 Å². The molecule has 1 aliphatic carbocycles. The smallest absolute Gasteiger partial charge is 0.308 e. The van der Waals surface area contributed by atoms with Crippen molar-refractivity contribution < 1.29 is 33.1 Å². The molecule has 2 aliphatic rings. The molecule has 1 aromatic rings. The summed E-state index contributed by atoms with van der Waals surface area (Å²) in [7, 11) is 0. The van der Waals surface area contributed by atoms with Gasteiger partial charge in [-0.25, -0.2) is 4.39 Å². The molecule has 0 radical (unpaired) electrons. The van der Waals surface area contributed by atoms with Crippen LogP contribution in [-0.4, -0.2) is 47.5 Å². The Kier molecular flexibility index (Phi) is 6.39. The molecule has 1 N–H and O–H groups in total. The number of likely N-dealkylation sites (tertiary alicyclic amines) is 1. The summed E-state index contributed by atoms with van der Waals surface area (Å²) in [5.74, 6) is -4.08. The van der Waals surface area contributed by atoms with Crippen LogP contribution in [0.1, 0.15) is 36.5 Å². The number of fused-ring (bicyclic) bond motifs is 1. The summed E-state index contributed by atoms with van der Waals surface area (Å²) in [6.45, 7) is 0.480. The third-order valence-corrected chi connectivity index (χ3v) is 5.09. The normalized spacial score (nSPS) is 20.1. The van der Waals surface area contributed by atoms with Crippen LogP contribution in [0.2, 0.25) is 0 Å². The van der Waals surface area contributed by atoms with Gasteiger partial charge in [0.1, 0.15) is 5.82 Å². The molecule has 0 spiro atoms. The first-order valence-electron chi connectivity index (χ1n) is 9.54. The number of hydrogen-bond acceptors (Lipinski definition) is 6. The highest BCUT2D eigenvalue weighted by Crippen LogP contribution is 2.35. The number of halogens is 1.